The molecule has 1 N–H and O–H groups in total. The molecule has 17 heavy (non-hydrogen) atoms. The van der Waals surface area contributed by atoms with Crippen molar-refractivity contribution in [1.29, 1.82) is 0 Å². The zero-order valence-electron chi connectivity index (χ0n) is 9.87. The number of rotatable bonds is 6. The third kappa shape index (κ3) is 2.79. The van der Waals surface area contributed by atoms with Gasteiger partial charge in [-0.15, -0.1) is 10.2 Å². The minimum atomic E-state index is 0.701. The van der Waals surface area contributed by atoms with Crippen LogP contribution < -0.4 is 5.32 Å². The molecule has 0 bridgehead atoms. The first-order valence-corrected chi connectivity index (χ1v) is 5.56. The van der Waals surface area contributed by atoms with Gasteiger partial charge in [-0.2, -0.15) is 5.10 Å². The lowest BCUT2D eigenvalue weighted by molar-refractivity contribution is 0.612. The molecular formula is C11H16N6. The number of aryl methyl sites for hydroxylation is 1. The highest BCUT2D eigenvalue weighted by molar-refractivity contribution is 5.17. The molecule has 0 amide bonds. The molecule has 0 atom stereocenters. The standard InChI is InChI=1S/C11H16N6/c1-3-16-9-13-15-11(16)7-12-5-10-6-14-17(4-2)8-10/h4,6,8-9,12H,2-3,5,7H2,1H3. The molecule has 6 heteroatoms. The van der Waals surface area contributed by atoms with Crippen LogP contribution in [0.5, 0.6) is 0 Å². The largest absolute Gasteiger partial charge is 0.317 e. The molecule has 0 radical (unpaired) electrons. The van der Waals surface area contributed by atoms with Crippen LogP contribution >= 0.6 is 0 Å². The maximum absolute atomic E-state index is 4.11. The Morgan fingerprint density at radius 2 is 2.35 bits per heavy atom. The minimum Gasteiger partial charge on any atom is -0.317 e. The number of nitrogens with zero attached hydrogens (tertiary/aromatic N) is 5. The molecule has 2 heterocycles. The molecule has 0 saturated carbocycles. The van der Waals surface area contributed by atoms with Crippen molar-refractivity contribution in [3.05, 3.63) is 36.7 Å². The molecule has 6 nitrogen and oxygen atoms in total. The van der Waals surface area contributed by atoms with Gasteiger partial charge < -0.3 is 9.88 Å². The van der Waals surface area contributed by atoms with E-state index in [0.29, 0.717) is 6.54 Å². The van der Waals surface area contributed by atoms with Crippen molar-refractivity contribution >= 4 is 6.20 Å². The normalized spacial score (nSPS) is 10.6. The quantitative estimate of drug-likeness (QED) is 0.803. The molecule has 0 spiro atoms. The van der Waals surface area contributed by atoms with Crippen LogP contribution in [0.2, 0.25) is 0 Å². The van der Waals surface area contributed by atoms with E-state index in [4.69, 9.17) is 0 Å². The van der Waals surface area contributed by atoms with Crippen molar-refractivity contribution in [1.82, 2.24) is 29.9 Å². The molecule has 2 aromatic heterocycles. The molecule has 0 fully saturated rings. The van der Waals surface area contributed by atoms with E-state index in [2.05, 4.69) is 34.1 Å². The Morgan fingerprint density at radius 1 is 1.47 bits per heavy atom. The van der Waals surface area contributed by atoms with Crippen LogP contribution in [-0.2, 0) is 19.6 Å². The van der Waals surface area contributed by atoms with Gasteiger partial charge in [0.15, 0.2) is 0 Å². The van der Waals surface area contributed by atoms with Crippen molar-refractivity contribution in [3.8, 4) is 0 Å². The van der Waals surface area contributed by atoms with E-state index < -0.39 is 0 Å². The van der Waals surface area contributed by atoms with Gasteiger partial charge in [0.25, 0.3) is 0 Å². The zero-order valence-corrected chi connectivity index (χ0v) is 9.87. The van der Waals surface area contributed by atoms with Crippen LogP contribution in [-0.4, -0.2) is 24.5 Å². The summed E-state index contributed by atoms with van der Waals surface area (Å²) in [5.41, 5.74) is 1.12. The summed E-state index contributed by atoms with van der Waals surface area (Å²) in [6.45, 7) is 8.06. The Balaban J connectivity index is 1.85. The second-order valence-electron chi connectivity index (χ2n) is 3.65. The fraction of sp³-hybridized carbons (Fsp3) is 0.364. The van der Waals surface area contributed by atoms with E-state index in [1.54, 1.807) is 17.2 Å². The maximum Gasteiger partial charge on any atom is 0.146 e. The van der Waals surface area contributed by atoms with E-state index >= 15 is 0 Å². The summed E-state index contributed by atoms with van der Waals surface area (Å²) in [7, 11) is 0. The van der Waals surface area contributed by atoms with Gasteiger partial charge in [-0.1, -0.05) is 6.58 Å². The second-order valence-corrected chi connectivity index (χ2v) is 3.65. The van der Waals surface area contributed by atoms with E-state index in [9.17, 15) is 0 Å². The molecule has 0 unspecified atom stereocenters. The molecule has 0 aliphatic carbocycles. The van der Waals surface area contributed by atoms with E-state index in [1.165, 1.54) is 0 Å². The van der Waals surface area contributed by atoms with Crippen LogP contribution in [0, 0.1) is 0 Å². The smallest absolute Gasteiger partial charge is 0.146 e. The zero-order chi connectivity index (χ0) is 12.1. The summed E-state index contributed by atoms with van der Waals surface area (Å²) in [5, 5.41) is 15.3. The highest BCUT2D eigenvalue weighted by Crippen LogP contribution is 1.99. The SMILES string of the molecule is C=Cn1cc(CNCc2nncn2CC)cn1. The minimum absolute atomic E-state index is 0.701. The molecule has 2 aromatic rings. The Kier molecular flexibility index (Phi) is 3.66. The van der Waals surface area contributed by atoms with Crippen molar-refractivity contribution < 1.29 is 0 Å². The summed E-state index contributed by atoms with van der Waals surface area (Å²) in [6.07, 6.45) is 7.16. The van der Waals surface area contributed by atoms with Crippen LogP contribution in [0.25, 0.3) is 6.20 Å². The first-order chi connectivity index (χ1) is 8.33. The molecule has 0 aromatic carbocycles. The van der Waals surface area contributed by atoms with Gasteiger partial charge in [0.2, 0.25) is 0 Å². The molecule has 0 aliphatic rings. The van der Waals surface area contributed by atoms with Crippen molar-refractivity contribution in [2.45, 2.75) is 26.6 Å². The molecule has 0 aliphatic heterocycles. The third-order valence-corrected chi connectivity index (χ3v) is 2.49. The number of aromatic nitrogens is 5. The third-order valence-electron chi connectivity index (χ3n) is 2.49. The van der Waals surface area contributed by atoms with E-state index in [1.807, 2.05) is 17.0 Å². The molecule has 90 valence electrons. The average molecular weight is 232 g/mol. The van der Waals surface area contributed by atoms with Crippen molar-refractivity contribution in [3.63, 3.8) is 0 Å². The topological polar surface area (TPSA) is 60.6 Å². The number of nitrogens with one attached hydrogen (secondary N) is 1. The van der Waals surface area contributed by atoms with Gasteiger partial charge in [0.1, 0.15) is 12.2 Å². The van der Waals surface area contributed by atoms with Crippen molar-refractivity contribution in [2.75, 3.05) is 0 Å². The molecular weight excluding hydrogens is 216 g/mol. The van der Waals surface area contributed by atoms with Crippen molar-refractivity contribution in [2.24, 2.45) is 0 Å². The van der Waals surface area contributed by atoms with Gasteiger partial charge in [0.05, 0.1) is 12.7 Å². The summed E-state index contributed by atoms with van der Waals surface area (Å²) in [4.78, 5) is 0. The predicted octanol–water partition coefficient (Wildman–Crippen LogP) is 0.885. The summed E-state index contributed by atoms with van der Waals surface area (Å²) < 4.78 is 3.70. The lowest BCUT2D eigenvalue weighted by Gasteiger charge is -2.03. The maximum atomic E-state index is 4.11. The Hall–Kier alpha value is -1.95. The lowest BCUT2D eigenvalue weighted by Crippen LogP contribution is -2.16. The summed E-state index contributed by atoms with van der Waals surface area (Å²) in [5.74, 6) is 0.948. The average Bonchev–Trinajstić information content (AvgIpc) is 2.97. The summed E-state index contributed by atoms with van der Waals surface area (Å²) >= 11 is 0. The van der Waals surface area contributed by atoms with Crippen LogP contribution in [0.3, 0.4) is 0 Å². The first kappa shape index (κ1) is 11.5. The number of hydrogen-bond acceptors (Lipinski definition) is 4. The second kappa shape index (κ2) is 5.40. The highest BCUT2D eigenvalue weighted by atomic mass is 15.3. The van der Waals surface area contributed by atoms with Crippen LogP contribution in [0.4, 0.5) is 0 Å². The molecule has 2 rings (SSSR count). The Labute approximate surface area is 100.0 Å². The lowest BCUT2D eigenvalue weighted by atomic mass is 10.3. The fourth-order valence-electron chi connectivity index (χ4n) is 1.57. The predicted molar refractivity (Wildman–Crippen MR) is 64.9 cm³/mol. The molecule has 0 saturated heterocycles. The van der Waals surface area contributed by atoms with Gasteiger partial charge in [0, 0.05) is 31.0 Å². The number of hydrogen-bond donors (Lipinski definition) is 1. The first-order valence-electron chi connectivity index (χ1n) is 5.56. The van der Waals surface area contributed by atoms with Gasteiger partial charge >= 0.3 is 0 Å². The monoisotopic (exact) mass is 232 g/mol. The van der Waals surface area contributed by atoms with Gasteiger partial charge in [-0.25, -0.2) is 4.68 Å². The van der Waals surface area contributed by atoms with Gasteiger partial charge in [-0.3, -0.25) is 0 Å². The van der Waals surface area contributed by atoms with E-state index in [0.717, 1.165) is 24.5 Å². The van der Waals surface area contributed by atoms with E-state index in [-0.39, 0.29) is 0 Å². The van der Waals surface area contributed by atoms with Crippen LogP contribution in [0.15, 0.2) is 25.3 Å². The highest BCUT2D eigenvalue weighted by Gasteiger charge is 2.02. The van der Waals surface area contributed by atoms with Gasteiger partial charge in [-0.05, 0) is 6.92 Å². The fourth-order valence-corrected chi connectivity index (χ4v) is 1.57. The van der Waals surface area contributed by atoms with Crippen LogP contribution in [0.1, 0.15) is 18.3 Å². The summed E-state index contributed by atoms with van der Waals surface area (Å²) in [6, 6.07) is 0. The Bertz CT molecular complexity index is 484. The Morgan fingerprint density at radius 3 is 3.06 bits per heavy atom.